The Bertz CT molecular complexity index is 1060. The molecule has 0 aliphatic heterocycles. The molecule has 0 aliphatic rings. The maximum absolute atomic E-state index is 11.7. The highest BCUT2D eigenvalue weighted by Gasteiger charge is 2.11. The molecule has 8 heteroatoms. The molecule has 0 saturated heterocycles. The van der Waals surface area contributed by atoms with Crippen molar-refractivity contribution in [2.75, 3.05) is 39.5 Å². The highest BCUT2D eigenvalue weighted by atomic mass is 16.6. The second-order valence-electron chi connectivity index (χ2n) is 9.24. The van der Waals surface area contributed by atoms with Gasteiger partial charge in [0.15, 0.2) is 6.29 Å². The summed E-state index contributed by atoms with van der Waals surface area (Å²) in [7, 11) is 0. The Morgan fingerprint density at radius 1 is 0.897 bits per heavy atom. The summed E-state index contributed by atoms with van der Waals surface area (Å²) in [5, 5.41) is 9.82. The minimum absolute atomic E-state index is 0.0603. The van der Waals surface area contributed by atoms with Crippen molar-refractivity contribution in [3.8, 4) is 22.6 Å². The summed E-state index contributed by atoms with van der Waals surface area (Å²) in [5.74, 6) is 0.860. The second-order valence-corrected chi connectivity index (χ2v) is 9.24. The summed E-state index contributed by atoms with van der Waals surface area (Å²) >= 11 is 0. The molecule has 214 valence electrons. The van der Waals surface area contributed by atoms with Crippen LogP contribution in [0.15, 0.2) is 66.8 Å². The van der Waals surface area contributed by atoms with Crippen LogP contribution in [0.25, 0.3) is 11.1 Å². The van der Waals surface area contributed by atoms with E-state index in [2.05, 4.69) is 26.1 Å². The van der Waals surface area contributed by atoms with Crippen LogP contribution in [0, 0.1) is 0 Å². The Balaban J connectivity index is 2.08. The van der Waals surface area contributed by atoms with E-state index < -0.39 is 12.3 Å². The summed E-state index contributed by atoms with van der Waals surface area (Å²) in [5.41, 5.74) is 14.8. The lowest BCUT2D eigenvalue weighted by molar-refractivity contribution is -0.139. The average molecular weight is 541 g/mol. The van der Waals surface area contributed by atoms with Gasteiger partial charge < -0.3 is 35.5 Å². The van der Waals surface area contributed by atoms with E-state index in [1.807, 2.05) is 36.4 Å². The molecule has 0 heterocycles. The minimum Gasteiger partial charge on any atom is -0.491 e. The number of benzene rings is 2. The number of aliphatic hydroxyl groups is 1. The standard InChI is InChI=1S/C31H44N2O6/c1-4-5-6-7-8-10-25-13-14-28(37-16-18-39-31(35)24(3)22-33)20-29(25)26-11-9-12-27(19-26)36-15-17-38-30(34)23(2)21-32/h9,11-14,19-20,30,34H,2-8,10,15-18,21-22,32-33H2,1H3. The van der Waals surface area contributed by atoms with Crippen molar-refractivity contribution in [2.45, 2.75) is 51.7 Å². The molecule has 0 bridgehead atoms. The van der Waals surface area contributed by atoms with Gasteiger partial charge in [0.25, 0.3) is 0 Å². The molecular weight excluding hydrogens is 496 g/mol. The van der Waals surface area contributed by atoms with Gasteiger partial charge >= 0.3 is 5.97 Å². The highest BCUT2D eigenvalue weighted by molar-refractivity contribution is 5.88. The molecule has 1 unspecified atom stereocenters. The van der Waals surface area contributed by atoms with Gasteiger partial charge in [-0.25, -0.2) is 4.79 Å². The molecule has 0 spiro atoms. The lowest BCUT2D eigenvalue weighted by atomic mass is 9.95. The van der Waals surface area contributed by atoms with Crippen LogP contribution in [-0.4, -0.2) is 56.9 Å². The summed E-state index contributed by atoms with van der Waals surface area (Å²) < 4.78 is 22.2. The number of esters is 1. The number of unbranched alkanes of at least 4 members (excludes halogenated alkanes) is 4. The second kappa shape index (κ2) is 18.2. The Hall–Kier alpha value is -3.17. The molecule has 0 aliphatic carbocycles. The van der Waals surface area contributed by atoms with E-state index in [1.54, 1.807) is 0 Å². The van der Waals surface area contributed by atoms with Gasteiger partial charge in [-0.1, -0.05) is 64.0 Å². The maximum Gasteiger partial charge on any atom is 0.334 e. The van der Waals surface area contributed by atoms with E-state index in [1.165, 1.54) is 31.2 Å². The van der Waals surface area contributed by atoms with E-state index in [0.29, 0.717) is 17.1 Å². The molecule has 2 rings (SSSR count). The zero-order valence-electron chi connectivity index (χ0n) is 23.2. The molecule has 0 fully saturated rings. The highest BCUT2D eigenvalue weighted by Crippen LogP contribution is 2.31. The van der Waals surface area contributed by atoms with Gasteiger partial charge in [0, 0.05) is 18.7 Å². The first-order chi connectivity index (χ1) is 18.9. The van der Waals surface area contributed by atoms with Crippen LogP contribution < -0.4 is 20.9 Å². The fourth-order valence-electron chi connectivity index (χ4n) is 3.82. The number of aryl methyl sites for hydroxylation is 1. The number of carbonyl (C=O) groups is 1. The number of nitrogens with two attached hydrogens (primary N) is 2. The third-order valence-electron chi connectivity index (χ3n) is 6.14. The van der Waals surface area contributed by atoms with Crippen molar-refractivity contribution < 1.29 is 28.8 Å². The van der Waals surface area contributed by atoms with E-state index in [-0.39, 0.29) is 45.1 Å². The van der Waals surface area contributed by atoms with E-state index in [9.17, 15) is 9.90 Å². The predicted octanol–water partition coefficient (Wildman–Crippen LogP) is 4.53. The fourth-order valence-corrected chi connectivity index (χ4v) is 3.82. The van der Waals surface area contributed by atoms with Crippen LogP contribution >= 0.6 is 0 Å². The van der Waals surface area contributed by atoms with Crippen molar-refractivity contribution in [1.29, 1.82) is 0 Å². The Labute approximate surface area is 232 Å². The Morgan fingerprint density at radius 3 is 2.33 bits per heavy atom. The van der Waals surface area contributed by atoms with Crippen LogP contribution in [0.4, 0.5) is 0 Å². The van der Waals surface area contributed by atoms with Gasteiger partial charge in [-0.3, -0.25) is 0 Å². The van der Waals surface area contributed by atoms with Crippen molar-refractivity contribution in [3.05, 3.63) is 72.3 Å². The van der Waals surface area contributed by atoms with E-state index in [4.69, 9.17) is 30.4 Å². The number of aliphatic hydroxyl groups excluding tert-OH is 1. The predicted molar refractivity (Wildman–Crippen MR) is 155 cm³/mol. The zero-order chi connectivity index (χ0) is 28.5. The van der Waals surface area contributed by atoms with Crippen molar-refractivity contribution >= 4 is 5.97 Å². The average Bonchev–Trinajstić information content (AvgIpc) is 2.96. The van der Waals surface area contributed by atoms with Crippen LogP contribution in [0.2, 0.25) is 0 Å². The molecule has 0 saturated carbocycles. The van der Waals surface area contributed by atoms with Crippen LogP contribution in [0.3, 0.4) is 0 Å². The Morgan fingerprint density at radius 2 is 1.62 bits per heavy atom. The normalized spacial score (nSPS) is 11.6. The smallest absolute Gasteiger partial charge is 0.334 e. The monoisotopic (exact) mass is 540 g/mol. The van der Waals surface area contributed by atoms with Gasteiger partial charge in [-0.15, -0.1) is 0 Å². The summed E-state index contributed by atoms with van der Waals surface area (Å²) in [6.07, 6.45) is 5.86. The molecule has 0 aromatic heterocycles. The minimum atomic E-state index is -1.10. The summed E-state index contributed by atoms with van der Waals surface area (Å²) in [6, 6.07) is 13.9. The Kier molecular flexibility index (Phi) is 14.9. The van der Waals surface area contributed by atoms with Crippen LogP contribution in [-0.2, 0) is 20.7 Å². The molecule has 1 atom stereocenters. The quantitative estimate of drug-likeness (QED) is 0.0735. The largest absolute Gasteiger partial charge is 0.491 e. The fraction of sp³-hybridized carbons (Fsp3) is 0.452. The van der Waals surface area contributed by atoms with Gasteiger partial charge in [0.05, 0.1) is 6.61 Å². The molecule has 5 N–H and O–H groups in total. The summed E-state index contributed by atoms with van der Waals surface area (Å²) in [4.78, 5) is 11.7. The first kappa shape index (κ1) is 32.0. The van der Waals surface area contributed by atoms with Gasteiger partial charge in [-0.2, -0.15) is 0 Å². The maximum atomic E-state index is 11.7. The lowest BCUT2D eigenvalue weighted by Gasteiger charge is -2.16. The molecule has 8 nitrogen and oxygen atoms in total. The number of ether oxygens (including phenoxy) is 4. The van der Waals surface area contributed by atoms with Crippen molar-refractivity contribution in [1.82, 2.24) is 0 Å². The number of hydrogen-bond donors (Lipinski definition) is 3. The van der Waals surface area contributed by atoms with Crippen LogP contribution in [0.1, 0.15) is 44.6 Å². The van der Waals surface area contributed by atoms with E-state index >= 15 is 0 Å². The zero-order valence-corrected chi connectivity index (χ0v) is 23.2. The van der Waals surface area contributed by atoms with Gasteiger partial charge in [0.1, 0.15) is 31.3 Å². The van der Waals surface area contributed by atoms with Crippen molar-refractivity contribution in [3.63, 3.8) is 0 Å². The number of rotatable bonds is 20. The lowest BCUT2D eigenvalue weighted by Crippen LogP contribution is -2.22. The topological polar surface area (TPSA) is 126 Å². The molecule has 39 heavy (non-hydrogen) atoms. The SMILES string of the molecule is C=C(CN)C(=O)OCCOc1ccc(CCCCCCC)c(-c2cccc(OCCOC(O)C(=C)CN)c2)c1. The van der Waals surface area contributed by atoms with Gasteiger partial charge in [0.2, 0.25) is 0 Å². The van der Waals surface area contributed by atoms with E-state index in [0.717, 1.165) is 24.0 Å². The molecule has 0 amide bonds. The molecule has 0 radical (unpaired) electrons. The number of carbonyl (C=O) groups excluding carboxylic acids is 1. The van der Waals surface area contributed by atoms with Crippen LogP contribution in [0.5, 0.6) is 11.5 Å². The van der Waals surface area contributed by atoms with Gasteiger partial charge in [-0.05, 0) is 59.4 Å². The first-order valence-corrected chi connectivity index (χ1v) is 13.6. The third-order valence-corrected chi connectivity index (χ3v) is 6.14. The third kappa shape index (κ3) is 11.6. The van der Waals surface area contributed by atoms with Crippen molar-refractivity contribution in [2.24, 2.45) is 11.5 Å². The first-order valence-electron chi connectivity index (χ1n) is 13.6. The molecule has 2 aromatic carbocycles. The molecular formula is C31H44N2O6. The molecule has 2 aromatic rings. The number of hydrogen-bond acceptors (Lipinski definition) is 8. The summed E-state index contributed by atoms with van der Waals surface area (Å²) in [6.45, 7) is 10.4.